The van der Waals surface area contributed by atoms with Crippen LogP contribution < -0.4 is 0 Å². The SMILES string of the molecule is O=C(c1ccc2ncccc2c1)N1C[C@H]2CCC[C@@H](O)[C@H]2C1. The molecule has 0 spiro atoms. The van der Waals surface area contributed by atoms with E-state index >= 15 is 0 Å². The number of hydrogen-bond donors (Lipinski definition) is 1. The van der Waals surface area contributed by atoms with Crippen LogP contribution in [0.25, 0.3) is 10.9 Å². The molecule has 2 aliphatic rings. The number of amides is 1. The van der Waals surface area contributed by atoms with Crippen LogP contribution in [0.1, 0.15) is 29.6 Å². The van der Waals surface area contributed by atoms with E-state index in [2.05, 4.69) is 4.98 Å². The number of fused-ring (bicyclic) bond motifs is 2. The molecule has 2 fully saturated rings. The molecule has 1 saturated heterocycles. The zero-order chi connectivity index (χ0) is 15.1. The lowest BCUT2D eigenvalue weighted by molar-refractivity contribution is 0.0539. The Labute approximate surface area is 129 Å². The van der Waals surface area contributed by atoms with Crippen molar-refractivity contribution in [3.8, 4) is 0 Å². The molecule has 1 aliphatic heterocycles. The molecular weight excluding hydrogens is 276 g/mol. The number of aliphatic hydroxyl groups is 1. The lowest BCUT2D eigenvalue weighted by atomic mass is 9.80. The van der Waals surface area contributed by atoms with Gasteiger partial charge in [-0.05, 0) is 43.0 Å². The normalized spacial score (nSPS) is 27.9. The molecule has 0 bridgehead atoms. The number of likely N-dealkylation sites (tertiary alicyclic amines) is 1. The molecule has 1 N–H and O–H groups in total. The number of carbonyl (C=O) groups excluding carboxylic acids is 1. The van der Waals surface area contributed by atoms with Gasteiger partial charge >= 0.3 is 0 Å². The van der Waals surface area contributed by atoms with Crippen LogP contribution >= 0.6 is 0 Å². The average molecular weight is 296 g/mol. The third-order valence-electron chi connectivity index (χ3n) is 5.20. The zero-order valence-electron chi connectivity index (χ0n) is 12.5. The molecule has 1 amide bonds. The van der Waals surface area contributed by atoms with E-state index in [0.29, 0.717) is 18.0 Å². The first-order valence-electron chi connectivity index (χ1n) is 8.04. The molecule has 1 aliphatic carbocycles. The molecule has 3 atom stereocenters. The summed E-state index contributed by atoms with van der Waals surface area (Å²) in [6.45, 7) is 1.47. The fourth-order valence-electron chi connectivity index (χ4n) is 4.00. The van der Waals surface area contributed by atoms with E-state index in [0.717, 1.165) is 36.7 Å². The van der Waals surface area contributed by atoms with Gasteiger partial charge in [-0.1, -0.05) is 12.5 Å². The fourth-order valence-corrected chi connectivity index (χ4v) is 4.00. The Bertz CT molecular complexity index is 715. The van der Waals surface area contributed by atoms with Gasteiger partial charge in [0.25, 0.3) is 5.91 Å². The van der Waals surface area contributed by atoms with Crippen LogP contribution in [0.4, 0.5) is 0 Å². The molecule has 114 valence electrons. The highest BCUT2D eigenvalue weighted by Crippen LogP contribution is 2.36. The molecule has 0 unspecified atom stereocenters. The number of nitrogens with zero attached hydrogens (tertiary/aromatic N) is 2. The predicted molar refractivity (Wildman–Crippen MR) is 84.5 cm³/mol. The number of carbonyl (C=O) groups is 1. The maximum atomic E-state index is 12.8. The third-order valence-corrected chi connectivity index (χ3v) is 5.20. The first-order chi connectivity index (χ1) is 10.7. The van der Waals surface area contributed by atoms with Crippen molar-refractivity contribution in [2.24, 2.45) is 11.8 Å². The summed E-state index contributed by atoms with van der Waals surface area (Å²) in [4.78, 5) is 19.0. The molecule has 4 heteroatoms. The summed E-state index contributed by atoms with van der Waals surface area (Å²) in [7, 11) is 0. The summed E-state index contributed by atoms with van der Waals surface area (Å²) in [6, 6.07) is 9.55. The van der Waals surface area contributed by atoms with Crippen molar-refractivity contribution in [3.05, 3.63) is 42.1 Å². The molecule has 0 radical (unpaired) electrons. The second-order valence-corrected chi connectivity index (χ2v) is 6.54. The molecule has 2 heterocycles. The van der Waals surface area contributed by atoms with Crippen LogP contribution in [0.2, 0.25) is 0 Å². The number of pyridine rings is 1. The maximum Gasteiger partial charge on any atom is 0.253 e. The highest BCUT2D eigenvalue weighted by atomic mass is 16.3. The number of benzene rings is 1. The van der Waals surface area contributed by atoms with Gasteiger partial charge in [-0.3, -0.25) is 9.78 Å². The Kier molecular flexibility index (Phi) is 3.34. The van der Waals surface area contributed by atoms with E-state index in [1.165, 1.54) is 0 Å². The zero-order valence-corrected chi connectivity index (χ0v) is 12.5. The third kappa shape index (κ3) is 2.28. The summed E-state index contributed by atoms with van der Waals surface area (Å²) in [5.74, 6) is 0.807. The van der Waals surface area contributed by atoms with E-state index in [1.807, 2.05) is 35.2 Å². The van der Waals surface area contributed by atoms with Crippen molar-refractivity contribution in [1.29, 1.82) is 0 Å². The minimum absolute atomic E-state index is 0.0763. The largest absolute Gasteiger partial charge is 0.393 e. The predicted octanol–water partition coefficient (Wildman–Crippen LogP) is 2.47. The molecular formula is C18H20N2O2. The number of aliphatic hydroxyl groups excluding tert-OH is 1. The highest BCUT2D eigenvalue weighted by Gasteiger charge is 2.41. The Balaban J connectivity index is 1.58. The second kappa shape index (κ2) is 5.36. The van der Waals surface area contributed by atoms with Gasteiger partial charge in [0.1, 0.15) is 0 Å². The van der Waals surface area contributed by atoms with E-state index in [4.69, 9.17) is 0 Å². The van der Waals surface area contributed by atoms with Gasteiger partial charge in [0.15, 0.2) is 0 Å². The minimum Gasteiger partial charge on any atom is -0.393 e. The van der Waals surface area contributed by atoms with Gasteiger partial charge in [0, 0.05) is 36.2 Å². The van der Waals surface area contributed by atoms with Crippen molar-refractivity contribution < 1.29 is 9.90 Å². The first-order valence-corrected chi connectivity index (χ1v) is 8.04. The van der Waals surface area contributed by atoms with Crippen LogP contribution in [-0.4, -0.2) is 40.1 Å². The summed E-state index contributed by atoms with van der Waals surface area (Å²) in [6.07, 6.45) is 4.61. The molecule has 1 aromatic heterocycles. The minimum atomic E-state index is -0.239. The Hall–Kier alpha value is -1.94. The van der Waals surface area contributed by atoms with Crippen molar-refractivity contribution in [2.45, 2.75) is 25.4 Å². The van der Waals surface area contributed by atoms with E-state index in [-0.39, 0.29) is 17.9 Å². The van der Waals surface area contributed by atoms with Crippen molar-refractivity contribution in [3.63, 3.8) is 0 Å². The quantitative estimate of drug-likeness (QED) is 0.879. The highest BCUT2D eigenvalue weighted by molar-refractivity contribution is 5.98. The van der Waals surface area contributed by atoms with E-state index < -0.39 is 0 Å². The molecule has 4 rings (SSSR count). The summed E-state index contributed by atoms with van der Waals surface area (Å²) in [5, 5.41) is 11.1. The van der Waals surface area contributed by atoms with E-state index in [9.17, 15) is 9.90 Å². The summed E-state index contributed by atoms with van der Waals surface area (Å²) >= 11 is 0. The van der Waals surface area contributed by atoms with E-state index in [1.54, 1.807) is 6.20 Å². The molecule has 22 heavy (non-hydrogen) atoms. The second-order valence-electron chi connectivity index (χ2n) is 6.54. The fraction of sp³-hybridized carbons (Fsp3) is 0.444. The van der Waals surface area contributed by atoms with Gasteiger partial charge in [0.05, 0.1) is 11.6 Å². The van der Waals surface area contributed by atoms with Crippen LogP contribution in [0.5, 0.6) is 0 Å². The number of aromatic nitrogens is 1. The molecule has 2 aromatic rings. The molecule has 1 saturated carbocycles. The Morgan fingerprint density at radius 3 is 3.00 bits per heavy atom. The Morgan fingerprint density at radius 2 is 2.14 bits per heavy atom. The van der Waals surface area contributed by atoms with Crippen LogP contribution in [0.3, 0.4) is 0 Å². The van der Waals surface area contributed by atoms with Gasteiger partial charge in [-0.2, -0.15) is 0 Å². The lowest BCUT2D eigenvalue weighted by Crippen LogP contribution is -2.32. The van der Waals surface area contributed by atoms with Crippen LogP contribution in [0.15, 0.2) is 36.5 Å². The van der Waals surface area contributed by atoms with Crippen LogP contribution in [0, 0.1) is 11.8 Å². The number of hydrogen-bond acceptors (Lipinski definition) is 3. The number of rotatable bonds is 1. The van der Waals surface area contributed by atoms with Crippen LogP contribution in [-0.2, 0) is 0 Å². The topological polar surface area (TPSA) is 53.4 Å². The van der Waals surface area contributed by atoms with Gasteiger partial charge in [-0.15, -0.1) is 0 Å². The Morgan fingerprint density at radius 1 is 1.23 bits per heavy atom. The van der Waals surface area contributed by atoms with Gasteiger partial charge in [-0.25, -0.2) is 0 Å². The first kappa shape index (κ1) is 13.7. The van der Waals surface area contributed by atoms with Crippen molar-refractivity contribution in [1.82, 2.24) is 9.88 Å². The summed E-state index contributed by atoms with van der Waals surface area (Å²) in [5.41, 5.74) is 1.62. The van der Waals surface area contributed by atoms with Gasteiger partial charge < -0.3 is 10.0 Å². The van der Waals surface area contributed by atoms with Gasteiger partial charge in [0.2, 0.25) is 0 Å². The molecule has 1 aromatic carbocycles. The maximum absolute atomic E-state index is 12.8. The van der Waals surface area contributed by atoms with Crippen molar-refractivity contribution in [2.75, 3.05) is 13.1 Å². The summed E-state index contributed by atoms with van der Waals surface area (Å²) < 4.78 is 0. The average Bonchev–Trinajstić information content (AvgIpc) is 2.99. The molecule has 4 nitrogen and oxygen atoms in total. The smallest absolute Gasteiger partial charge is 0.253 e. The monoisotopic (exact) mass is 296 g/mol. The standard InChI is InChI=1S/C18H20N2O2/c21-17-5-1-3-14-10-20(11-15(14)17)18(22)13-6-7-16-12(9-13)4-2-8-19-16/h2,4,6-9,14-15,17,21H,1,3,5,10-11H2/t14-,15+,17-/m1/s1. The van der Waals surface area contributed by atoms with Crippen molar-refractivity contribution >= 4 is 16.8 Å². The lowest BCUT2D eigenvalue weighted by Gasteiger charge is -2.28.